The van der Waals surface area contributed by atoms with Gasteiger partial charge in [0.25, 0.3) is 11.8 Å². The van der Waals surface area contributed by atoms with Crippen molar-refractivity contribution in [1.82, 2.24) is 25.5 Å². The van der Waals surface area contributed by atoms with Crippen LogP contribution in [0.3, 0.4) is 0 Å². The second kappa shape index (κ2) is 6.02. The lowest BCUT2D eigenvalue weighted by molar-refractivity contribution is 0.0945. The number of aromatic nitrogens is 4. The highest BCUT2D eigenvalue weighted by molar-refractivity contribution is 6.29. The lowest BCUT2D eigenvalue weighted by atomic mass is 9.88. The van der Waals surface area contributed by atoms with Crippen molar-refractivity contribution in [1.29, 1.82) is 0 Å². The van der Waals surface area contributed by atoms with E-state index in [0.717, 1.165) is 16.8 Å². The zero-order valence-electron chi connectivity index (χ0n) is 14.0. The molecule has 0 radical (unpaired) electrons. The number of ether oxygens (including phenoxy) is 1. The maximum Gasteiger partial charge on any atom is 0.256 e. The molecule has 1 aliphatic heterocycles. The van der Waals surface area contributed by atoms with Crippen LogP contribution in [0, 0.1) is 5.82 Å². The van der Waals surface area contributed by atoms with Gasteiger partial charge >= 0.3 is 0 Å². The predicted octanol–water partition coefficient (Wildman–Crippen LogP) is 2.84. The summed E-state index contributed by atoms with van der Waals surface area (Å²) in [5.74, 6) is -0.633. The van der Waals surface area contributed by atoms with E-state index in [2.05, 4.69) is 25.5 Å². The van der Waals surface area contributed by atoms with Crippen LogP contribution >= 0.6 is 11.6 Å². The molecule has 7 nitrogen and oxygen atoms in total. The molecule has 1 aliphatic carbocycles. The number of pyridine rings is 1. The molecule has 9 heteroatoms. The number of hydrogen-bond donors (Lipinski definition) is 2. The van der Waals surface area contributed by atoms with Gasteiger partial charge in [-0.3, -0.25) is 4.79 Å². The number of fused-ring (bicyclic) bond motifs is 5. The summed E-state index contributed by atoms with van der Waals surface area (Å²) in [6, 6.07) is 1.43. The largest absolute Gasteiger partial charge is 0.435 e. The van der Waals surface area contributed by atoms with Crippen LogP contribution in [0.15, 0.2) is 18.5 Å². The minimum Gasteiger partial charge on any atom is -0.435 e. The maximum absolute atomic E-state index is 15.3. The summed E-state index contributed by atoms with van der Waals surface area (Å²) < 4.78 is 20.8. The third-order valence-corrected chi connectivity index (χ3v) is 5.03. The number of hydrogen-bond acceptors (Lipinski definition) is 5. The third kappa shape index (κ3) is 2.56. The highest BCUT2D eigenvalue weighted by Crippen LogP contribution is 2.41. The van der Waals surface area contributed by atoms with Gasteiger partial charge < -0.3 is 15.0 Å². The second-order valence-corrected chi connectivity index (χ2v) is 6.82. The van der Waals surface area contributed by atoms with Gasteiger partial charge in [-0.05, 0) is 24.0 Å². The number of nitrogens with one attached hydrogen (secondary N) is 2. The van der Waals surface area contributed by atoms with Crippen LogP contribution in [-0.4, -0.2) is 32.6 Å². The van der Waals surface area contributed by atoms with E-state index in [9.17, 15) is 4.79 Å². The zero-order chi connectivity index (χ0) is 18.5. The monoisotopic (exact) mass is 385 g/mol. The molecule has 27 heavy (non-hydrogen) atoms. The van der Waals surface area contributed by atoms with Gasteiger partial charge in [0.15, 0.2) is 16.7 Å². The van der Waals surface area contributed by atoms with Crippen molar-refractivity contribution in [2.75, 3.05) is 6.54 Å². The van der Waals surface area contributed by atoms with Gasteiger partial charge in [0.05, 0.1) is 17.5 Å². The molecule has 3 aromatic rings. The van der Waals surface area contributed by atoms with Crippen molar-refractivity contribution >= 4 is 17.5 Å². The van der Waals surface area contributed by atoms with Crippen LogP contribution in [0.2, 0.25) is 5.15 Å². The van der Waals surface area contributed by atoms with Gasteiger partial charge in [-0.15, -0.1) is 5.10 Å². The molecule has 0 saturated carbocycles. The Balaban J connectivity index is 1.62. The smallest absolute Gasteiger partial charge is 0.256 e. The molecule has 0 bridgehead atoms. The number of amides is 1. The van der Waals surface area contributed by atoms with Crippen molar-refractivity contribution in [3.63, 3.8) is 0 Å². The number of nitrogens with zero attached hydrogens (tertiary/aromatic N) is 3. The fourth-order valence-electron chi connectivity index (χ4n) is 3.70. The highest BCUT2D eigenvalue weighted by atomic mass is 35.5. The van der Waals surface area contributed by atoms with Crippen molar-refractivity contribution in [2.45, 2.75) is 19.3 Å². The van der Waals surface area contributed by atoms with Crippen molar-refractivity contribution in [2.24, 2.45) is 0 Å². The number of carbonyl (C=O) groups is 1. The van der Waals surface area contributed by atoms with Crippen LogP contribution in [0.1, 0.15) is 27.2 Å². The van der Waals surface area contributed by atoms with Crippen LogP contribution in [0.4, 0.5) is 4.39 Å². The average Bonchev–Trinajstić information content (AvgIpc) is 3.04. The Morgan fingerprint density at radius 3 is 2.93 bits per heavy atom. The molecule has 0 fully saturated rings. The first-order valence-electron chi connectivity index (χ1n) is 8.47. The van der Waals surface area contributed by atoms with E-state index in [0.29, 0.717) is 42.6 Å². The molecule has 0 saturated heterocycles. The molecule has 4 heterocycles. The van der Waals surface area contributed by atoms with E-state index in [1.807, 2.05) is 0 Å². The Bertz CT molecular complexity index is 1100. The summed E-state index contributed by atoms with van der Waals surface area (Å²) in [5, 5.41) is 10.3. The zero-order valence-corrected chi connectivity index (χ0v) is 14.7. The minimum atomic E-state index is -0.583. The fraction of sp³-hybridized carbons (Fsp3) is 0.222. The minimum absolute atomic E-state index is 0.111. The molecule has 3 aromatic heterocycles. The van der Waals surface area contributed by atoms with E-state index >= 15 is 4.39 Å². The third-order valence-electron chi connectivity index (χ3n) is 4.84. The quantitative estimate of drug-likeness (QED) is 0.707. The molecular formula is C18H13ClFN5O2. The first-order valence-corrected chi connectivity index (χ1v) is 8.85. The number of aromatic amines is 1. The number of H-pyrrole nitrogens is 1. The van der Waals surface area contributed by atoms with Crippen LogP contribution in [-0.2, 0) is 19.3 Å². The van der Waals surface area contributed by atoms with Crippen molar-refractivity contribution in [3.05, 3.63) is 51.8 Å². The normalized spacial score (nSPS) is 14.8. The van der Waals surface area contributed by atoms with Gasteiger partial charge in [-0.25, -0.2) is 9.37 Å². The van der Waals surface area contributed by atoms with E-state index in [4.69, 9.17) is 16.3 Å². The van der Waals surface area contributed by atoms with Gasteiger partial charge in [0.1, 0.15) is 0 Å². The topological polar surface area (TPSA) is 92.8 Å². The summed E-state index contributed by atoms with van der Waals surface area (Å²) in [5.41, 5.74) is 4.15. The molecule has 2 aliphatic rings. The summed E-state index contributed by atoms with van der Waals surface area (Å²) >= 11 is 5.79. The van der Waals surface area contributed by atoms with E-state index < -0.39 is 5.82 Å². The van der Waals surface area contributed by atoms with Gasteiger partial charge in [-0.1, -0.05) is 11.6 Å². The number of halogens is 2. The molecule has 5 rings (SSSR count). The van der Waals surface area contributed by atoms with Crippen LogP contribution in [0.5, 0.6) is 11.6 Å². The Morgan fingerprint density at radius 1 is 1.19 bits per heavy atom. The lowest BCUT2D eigenvalue weighted by Crippen LogP contribution is -2.32. The summed E-state index contributed by atoms with van der Waals surface area (Å²) in [6.45, 7) is 0.571. The number of rotatable bonds is 2. The Hall–Kier alpha value is -3.00. The van der Waals surface area contributed by atoms with Crippen LogP contribution < -0.4 is 10.1 Å². The molecule has 0 atom stereocenters. The molecular weight excluding hydrogens is 373 g/mol. The predicted molar refractivity (Wildman–Crippen MR) is 94.5 cm³/mol. The SMILES string of the molecule is O=C1NCCc2[nH]c3c(c21)CCc1cnc(Oc2cnnc(Cl)c2)c(F)c1-3. The fourth-order valence-corrected chi connectivity index (χ4v) is 3.85. The maximum atomic E-state index is 15.3. The molecule has 0 aromatic carbocycles. The molecule has 1 amide bonds. The van der Waals surface area contributed by atoms with E-state index in [1.165, 1.54) is 12.3 Å². The standard InChI is InChI=1S/C18H13ClFN5O2/c19-12-5-9(7-23-25-12)27-18-15(20)13-8(6-22-18)1-2-10-14-11(24-16(10)13)3-4-21-17(14)26/h5-7,24H,1-4H2,(H,21,26). The van der Waals surface area contributed by atoms with Gasteiger partial charge in [0.2, 0.25) is 0 Å². The molecule has 2 N–H and O–H groups in total. The van der Waals surface area contributed by atoms with E-state index in [-0.39, 0.29) is 22.7 Å². The number of carbonyl (C=O) groups excluding carboxylic acids is 1. The van der Waals surface area contributed by atoms with Crippen molar-refractivity contribution < 1.29 is 13.9 Å². The molecule has 136 valence electrons. The summed E-state index contributed by atoms with van der Waals surface area (Å²) in [7, 11) is 0. The van der Waals surface area contributed by atoms with Crippen molar-refractivity contribution in [3.8, 4) is 22.9 Å². The lowest BCUT2D eigenvalue weighted by Gasteiger charge is -2.19. The Labute approximate surface area is 157 Å². The Morgan fingerprint density at radius 2 is 2.07 bits per heavy atom. The number of aryl methyl sites for hydroxylation is 1. The first-order chi connectivity index (χ1) is 13.1. The summed E-state index contributed by atoms with van der Waals surface area (Å²) in [4.78, 5) is 19.6. The van der Waals surface area contributed by atoms with Crippen LogP contribution in [0.25, 0.3) is 11.3 Å². The average molecular weight is 386 g/mol. The molecule has 0 unspecified atom stereocenters. The summed E-state index contributed by atoms with van der Waals surface area (Å²) in [6.07, 6.45) is 4.89. The second-order valence-electron chi connectivity index (χ2n) is 6.43. The first kappa shape index (κ1) is 16.2. The van der Waals surface area contributed by atoms with Gasteiger partial charge in [-0.2, -0.15) is 5.10 Å². The Kier molecular flexibility index (Phi) is 3.61. The highest BCUT2D eigenvalue weighted by Gasteiger charge is 2.32. The van der Waals surface area contributed by atoms with Gasteiger partial charge in [0, 0.05) is 36.5 Å². The molecule has 0 spiro atoms. The van der Waals surface area contributed by atoms with E-state index in [1.54, 1.807) is 6.20 Å².